The van der Waals surface area contributed by atoms with Crippen molar-refractivity contribution in [3.8, 4) is 34.5 Å². The van der Waals surface area contributed by atoms with E-state index in [0.717, 1.165) is 12.1 Å². The second kappa shape index (κ2) is 5.30. The number of carbonyl (C=O) groups excluding carboxylic acids is 1. The summed E-state index contributed by atoms with van der Waals surface area (Å²) in [6, 6.07) is 2.02. The average Bonchev–Trinajstić information content (AvgIpc) is 2.48. The number of ketones is 1. The van der Waals surface area contributed by atoms with Crippen molar-refractivity contribution in [2.75, 3.05) is 0 Å². The Morgan fingerprint density at radius 2 is 1.17 bits per heavy atom. The van der Waals surface area contributed by atoms with Crippen LogP contribution in [-0.4, -0.2) is 47.5 Å². The number of benzene rings is 2. The minimum absolute atomic E-state index is 0.472. The zero-order valence-corrected chi connectivity index (χ0v) is 11.2. The summed E-state index contributed by atoms with van der Waals surface area (Å²) in [5, 5.41) is 65.6. The standard InChI is InChI=1S/C14H10O9/c15-6-1-4(2-7(16)11(6)19)10(18)9-5(14(22)23)3-8(17)12(20)13(9)21/h1-3,15-17,19-21H,(H,22,23). The first-order chi connectivity index (χ1) is 10.6. The zero-order chi connectivity index (χ0) is 17.5. The number of phenolic OH excluding ortho intramolecular Hbond substituents is 6. The highest BCUT2D eigenvalue weighted by molar-refractivity contribution is 6.17. The fourth-order valence-corrected chi connectivity index (χ4v) is 1.92. The van der Waals surface area contributed by atoms with Gasteiger partial charge >= 0.3 is 5.97 Å². The molecule has 0 unspecified atom stereocenters. The van der Waals surface area contributed by atoms with Crippen LogP contribution >= 0.6 is 0 Å². The van der Waals surface area contributed by atoms with Gasteiger partial charge in [-0.1, -0.05) is 0 Å². The second-order valence-corrected chi connectivity index (χ2v) is 4.51. The molecule has 0 spiro atoms. The molecule has 0 aliphatic heterocycles. The monoisotopic (exact) mass is 322 g/mol. The third kappa shape index (κ3) is 2.50. The number of rotatable bonds is 3. The van der Waals surface area contributed by atoms with Crippen molar-refractivity contribution < 1.29 is 45.3 Å². The molecule has 0 fully saturated rings. The van der Waals surface area contributed by atoms with E-state index < -0.39 is 62.9 Å². The van der Waals surface area contributed by atoms with Crippen molar-refractivity contribution in [1.29, 1.82) is 0 Å². The van der Waals surface area contributed by atoms with E-state index in [1.165, 1.54) is 0 Å². The Morgan fingerprint density at radius 3 is 1.65 bits per heavy atom. The highest BCUT2D eigenvalue weighted by atomic mass is 16.4. The van der Waals surface area contributed by atoms with Crippen LogP contribution in [0.1, 0.15) is 26.3 Å². The quantitative estimate of drug-likeness (QED) is 0.319. The molecular formula is C14H10O9. The van der Waals surface area contributed by atoms with Gasteiger partial charge in [0.2, 0.25) is 5.75 Å². The zero-order valence-electron chi connectivity index (χ0n) is 11.2. The van der Waals surface area contributed by atoms with E-state index in [2.05, 4.69) is 0 Å². The van der Waals surface area contributed by atoms with E-state index in [9.17, 15) is 40.2 Å². The molecule has 2 aromatic carbocycles. The first-order valence-electron chi connectivity index (χ1n) is 5.96. The predicted molar refractivity (Wildman–Crippen MR) is 73.3 cm³/mol. The van der Waals surface area contributed by atoms with Gasteiger partial charge in [-0.15, -0.1) is 0 Å². The van der Waals surface area contributed by atoms with Crippen LogP contribution in [-0.2, 0) is 0 Å². The second-order valence-electron chi connectivity index (χ2n) is 4.51. The van der Waals surface area contributed by atoms with Crippen LogP contribution in [0, 0.1) is 0 Å². The van der Waals surface area contributed by atoms with Gasteiger partial charge in [-0.25, -0.2) is 4.79 Å². The molecule has 0 saturated carbocycles. The number of carboxylic acid groups (broad SMARTS) is 1. The lowest BCUT2D eigenvalue weighted by Gasteiger charge is -2.11. The molecule has 9 nitrogen and oxygen atoms in total. The van der Waals surface area contributed by atoms with Crippen LogP contribution in [0.15, 0.2) is 18.2 Å². The maximum atomic E-state index is 12.4. The highest BCUT2D eigenvalue weighted by Crippen LogP contribution is 2.42. The molecule has 23 heavy (non-hydrogen) atoms. The van der Waals surface area contributed by atoms with Gasteiger partial charge in [0.05, 0.1) is 11.1 Å². The summed E-state index contributed by atoms with van der Waals surface area (Å²) in [5.74, 6) is -8.69. The summed E-state index contributed by atoms with van der Waals surface area (Å²) in [6.45, 7) is 0. The Labute approximate surface area is 127 Å². The first kappa shape index (κ1) is 15.8. The molecule has 0 amide bonds. The maximum absolute atomic E-state index is 12.4. The topological polar surface area (TPSA) is 176 Å². The maximum Gasteiger partial charge on any atom is 0.336 e. The molecule has 2 aromatic rings. The van der Waals surface area contributed by atoms with E-state index >= 15 is 0 Å². The lowest BCUT2D eigenvalue weighted by atomic mass is 9.96. The van der Waals surface area contributed by atoms with Gasteiger partial charge in [-0.05, 0) is 18.2 Å². The van der Waals surface area contributed by atoms with Gasteiger partial charge in [0, 0.05) is 5.56 Å². The lowest BCUT2D eigenvalue weighted by Crippen LogP contribution is -2.10. The average molecular weight is 322 g/mol. The van der Waals surface area contributed by atoms with Gasteiger partial charge in [0.25, 0.3) is 0 Å². The predicted octanol–water partition coefficient (Wildman–Crippen LogP) is 0.849. The molecule has 2 rings (SSSR count). The highest BCUT2D eigenvalue weighted by Gasteiger charge is 2.28. The third-order valence-corrected chi connectivity index (χ3v) is 3.04. The number of hydrogen-bond acceptors (Lipinski definition) is 8. The Balaban J connectivity index is 2.73. The fraction of sp³-hybridized carbons (Fsp3) is 0. The van der Waals surface area contributed by atoms with Crippen LogP contribution in [0.5, 0.6) is 34.5 Å². The number of aromatic carboxylic acids is 1. The van der Waals surface area contributed by atoms with Crippen molar-refractivity contribution in [2.45, 2.75) is 0 Å². The molecule has 0 aromatic heterocycles. The SMILES string of the molecule is O=C(O)c1cc(O)c(O)c(O)c1C(=O)c1cc(O)c(O)c(O)c1. The van der Waals surface area contributed by atoms with Crippen molar-refractivity contribution in [3.05, 3.63) is 34.9 Å². The summed E-state index contributed by atoms with van der Waals surface area (Å²) in [7, 11) is 0. The number of phenols is 6. The normalized spacial score (nSPS) is 10.4. The summed E-state index contributed by atoms with van der Waals surface area (Å²) >= 11 is 0. The van der Waals surface area contributed by atoms with Crippen LogP contribution < -0.4 is 0 Å². The largest absolute Gasteiger partial charge is 0.504 e. The Bertz CT molecular complexity index is 816. The summed E-state index contributed by atoms with van der Waals surface area (Å²) in [4.78, 5) is 23.5. The molecule has 9 heteroatoms. The van der Waals surface area contributed by atoms with Crippen molar-refractivity contribution in [1.82, 2.24) is 0 Å². The minimum Gasteiger partial charge on any atom is -0.504 e. The van der Waals surface area contributed by atoms with E-state index in [4.69, 9.17) is 5.11 Å². The van der Waals surface area contributed by atoms with Crippen molar-refractivity contribution in [3.63, 3.8) is 0 Å². The Hall–Kier alpha value is -3.62. The van der Waals surface area contributed by atoms with Gasteiger partial charge in [-0.3, -0.25) is 4.79 Å². The Morgan fingerprint density at radius 1 is 0.696 bits per heavy atom. The first-order valence-corrected chi connectivity index (χ1v) is 5.96. The van der Waals surface area contributed by atoms with Gasteiger partial charge in [0.15, 0.2) is 34.5 Å². The molecule has 0 radical (unpaired) electrons. The minimum atomic E-state index is -1.67. The molecule has 120 valence electrons. The fourth-order valence-electron chi connectivity index (χ4n) is 1.92. The van der Waals surface area contributed by atoms with Crippen molar-refractivity contribution >= 4 is 11.8 Å². The van der Waals surface area contributed by atoms with Crippen LogP contribution in [0.4, 0.5) is 0 Å². The Kier molecular flexibility index (Phi) is 3.63. The number of aromatic hydroxyl groups is 6. The molecule has 0 bridgehead atoms. The van der Waals surface area contributed by atoms with E-state index in [-0.39, 0.29) is 0 Å². The number of carbonyl (C=O) groups is 2. The molecule has 0 aliphatic carbocycles. The van der Waals surface area contributed by atoms with E-state index in [1.54, 1.807) is 0 Å². The van der Waals surface area contributed by atoms with E-state index in [1.807, 2.05) is 0 Å². The molecule has 7 N–H and O–H groups in total. The van der Waals surface area contributed by atoms with Gasteiger partial charge in [-0.2, -0.15) is 0 Å². The number of carboxylic acids is 1. The lowest BCUT2D eigenvalue weighted by molar-refractivity contribution is 0.0691. The summed E-state index contributed by atoms with van der Waals surface area (Å²) in [5.41, 5.74) is -2.15. The third-order valence-electron chi connectivity index (χ3n) is 3.04. The van der Waals surface area contributed by atoms with Gasteiger partial charge in [0.1, 0.15) is 0 Å². The van der Waals surface area contributed by atoms with Gasteiger partial charge < -0.3 is 35.7 Å². The molecule has 0 heterocycles. The summed E-state index contributed by atoms with van der Waals surface area (Å²) < 4.78 is 0. The molecular weight excluding hydrogens is 312 g/mol. The van der Waals surface area contributed by atoms with Crippen LogP contribution in [0.2, 0.25) is 0 Å². The van der Waals surface area contributed by atoms with Crippen LogP contribution in [0.3, 0.4) is 0 Å². The smallest absolute Gasteiger partial charge is 0.336 e. The van der Waals surface area contributed by atoms with Crippen LogP contribution in [0.25, 0.3) is 0 Å². The molecule has 0 aliphatic rings. The number of hydrogen-bond donors (Lipinski definition) is 7. The van der Waals surface area contributed by atoms with E-state index in [0.29, 0.717) is 6.07 Å². The molecule has 0 saturated heterocycles. The summed E-state index contributed by atoms with van der Waals surface area (Å²) in [6.07, 6.45) is 0. The molecule has 0 atom stereocenters. The van der Waals surface area contributed by atoms with Crippen molar-refractivity contribution in [2.24, 2.45) is 0 Å².